The number of carbonyl (C=O) groups excluding carboxylic acids is 1. The van der Waals surface area contributed by atoms with Crippen molar-refractivity contribution in [2.45, 2.75) is 0 Å². The van der Waals surface area contributed by atoms with Crippen molar-refractivity contribution in [3.63, 3.8) is 0 Å². The summed E-state index contributed by atoms with van der Waals surface area (Å²) < 4.78 is 0.974. The summed E-state index contributed by atoms with van der Waals surface area (Å²) in [6.45, 7) is 0. The predicted molar refractivity (Wildman–Crippen MR) is 43.3 cm³/mol. The maximum absolute atomic E-state index is 10.4. The van der Waals surface area contributed by atoms with Crippen LogP contribution in [0, 0.1) is 2.88 Å². The van der Waals surface area contributed by atoms with E-state index in [0.717, 1.165) is 2.88 Å². The molecule has 0 unspecified atom stereocenters. The summed E-state index contributed by atoms with van der Waals surface area (Å²) >= 11 is 3.38. The summed E-state index contributed by atoms with van der Waals surface area (Å²) in [4.78, 5) is 14.1. The molecule has 0 spiro atoms. The standard InChI is InChI=1S/C4H3IN2OS/c5-2-1-7-4(9-2)3(6)8/h1H,(H2,6,8). The Labute approximate surface area is 69.4 Å². The number of aromatic nitrogens is 1. The lowest BCUT2D eigenvalue weighted by molar-refractivity contribution is 0.1000. The third-order valence-electron chi connectivity index (χ3n) is 0.688. The molecule has 1 rings (SSSR count). The largest absolute Gasteiger partial charge is 0.364 e. The second-order valence-electron chi connectivity index (χ2n) is 1.33. The first kappa shape index (κ1) is 6.94. The minimum Gasteiger partial charge on any atom is -0.364 e. The monoisotopic (exact) mass is 254 g/mol. The molecule has 3 nitrogen and oxygen atoms in total. The molecule has 1 aromatic rings. The fourth-order valence-corrected chi connectivity index (χ4v) is 1.63. The summed E-state index contributed by atoms with van der Waals surface area (Å²) in [6.07, 6.45) is 1.62. The quantitative estimate of drug-likeness (QED) is 0.755. The van der Waals surface area contributed by atoms with Gasteiger partial charge in [0.05, 0.1) is 9.08 Å². The van der Waals surface area contributed by atoms with Gasteiger partial charge in [0, 0.05) is 0 Å². The number of primary amides is 1. The molecule has 0 aliphatic rings. The van der Waals surface area contributed by atoms with Crippen molar-refractivity contribution in [3.05, 3.63) is 14.1 Å². The zero-order valence-corrected chi connectivity index (χ0v) is 7.27. The van der Waals surface area contributed by atoms with Gasteiger partial charge in [-0.3, -0.25) is 4.79 Å². The lowest BCUT2D eigenvalue weighted by Gasteiger charge is -1.79. The van der Waals surface area contributed by atoms with Gasteiger partial charge in [-0.15, -0.1) is 11.3 Å². The lowest BCUT2D eigenvalue weighted by atomic mass is 10.7. The fourth-order valence-electron chi connectivity index (χ4n) is 0.368. The third kappa shape index (κ3) is 1.62. The molecule has 0 saturated carbocycles. The molecule has 9 heavy (non-hydrogen) atoms. The predicted octanol–water partition coefficient (Wildman–Crippen LogP) is 0.847. The molecule has 0 saturated heterocycles. The van der Waals surface area contributed by atoms with E-state index in [1.54, 1.807) is 6.20 Å². The van der Waals surface area contributed by atoms with Crippen LogP contribution < -0.4 is 5.73 Å². The van der Waals surface area contributed by atoms with Gasteiger partial charge < -0.3 is 5.73 Å². The zero-order valence-electron chi connectivity index (χ0n) is 4.30. The van der Waals surface area contributed by atoms with Crippen molar-refractivity contribution in [2.75, 3.05) is 0 Å². The Kier molecular flexibility index (Phi) is 2.01. The number of nitrogens with two attached hydrogens (primary N) is 1. The number of hydrogen-bond acceptors (Lipinski definition) is 3. The van der Waals surface area contributed by atoms with Crippen LogP contribution in [0.25, 0.3) is 0 Å². The molecule has 0 atom stereocenters. The van der Waals surface area contributed by atoms with Crippen LogP contribution in [0.15, 0.2) is 6.20 Å². The fraction of sp³-hybridized carbons (Fsp3) is 0. The van der Waals surface area contributed by atoms with Gasteiger partial charge in [-0.25, -0.2) is 4.98 Å². The molecule has 1 amide bonds. The van der Waals surface area contributed by atoms with E-state index >= 15 is 0 Å². The average molecular weight is 254 g/mol. The highest BCUT2D eigenvalue weighted by Gasteiger charge is 2.03. The van der Waals surface area contributed by atoms with Crippen molar-refractivity contribution >= 4 is 39.8 Å². The Bertz CT molecular complexity index is 234. The van der Waals surface area contributed by atoms with E-state index in [0.29, 0.717) is 5.01 Å². The van der Waals surface area contributed by atoms with Crippen LogP contribution in [0.1, 0.15) is 9.80 Å². The van der Waals surface area contributed by atoms with Gasteiger partial charge in [-0.2, -0.15) is 0 Å². The molecule has 2 N–H and O–H groups in total. The first-order valence-electron chi connectivity index (χ1n) is 2.11. The average Bonchev–Trinajstić information content (AvgIpc) is 2.14. The molecular formula is C4H3IN2OS. The Morgan fingerprint density at radius 2 is 2.56 bits per heavy atom. The summed E-state index contributed by atoms with van der Waals surface area (Å²) in [6, 6.07) is 0. The van der Waals surface area contributed by atoms with Crippen LogP contribution in [0.3, 0.4) is 0 Å². The number of nitrogens with zero attached hydrogens (tertiary/aromatic N) is 1. The first-order chi connectivity index (χ1) is 4.20. The molecule has 0 aliphatic heterocycles. The molecule has 48 valence electrons. The number of thiazole rings is 1. The maximum Gasteiger partial charge on any atom is 0.277 e. The molecule has 0 aromatic carbocycles. The van der Waals surface area contributed by atoms with Crippen LogP contribution in [0.5, 0.6) is 0 Å². The van der Waals surface area contributed by atoms with Crippen molar-refractivity contribution in [3.8, 4) is 0 Å². The van der Waals surface area contributed by atoms with Crippen molar-refractivity contribution in [1.29, 1.82) is 0 Å². The summed E-state index contributed by atoms with van der Waals surface area (Å²) in [5.74, 6) is -0.456. The second kappa shape index (κ2) is 2.61. The van der Waals surface area contributed by atoms with Crippen molar-refractivity contribution < 1.29 is 4.79 Å². The number of hydrogen-bond donors (Lipinski definition) is 1. The highest BCUT2D eigenvalue weighted by molar-refractivity contribution is 14.1. The Balaban J connectivity index is 2.98. The highest BCUT2D eigenvalue weighted by Crippen LogP contribution is 2.13. The highest BCUT2D eigenvalue weighted by atomic mass is 127. The van der Waals surface area contributed by atoms with E-state index < -0.39 is 5.91 Å². The van der Waals surface area contributed by atoms with Crippen LogP contribution in [0.4, 0.5) is 0 Å². The molecule has 1 heterocycles. The van der Waals surface area contributed by atoms with E-state index in [1.807, 2.05) is 0 Å². The van der Waals surface area contributed by atoms with E-state index in [1.165, 1.54) is 11.3 Å². The molecule has 0 radical (unpaired) electrons. The minimum atomic E-state index is -0.456. The van der Waals surface area contributed by atoms with Gasteiger partial charge in [0.25, 0.3) is 5.91 Å². The summed E-state index contributed by atoms with van der Waals surface area (Å²) in [5, 5.41) is 0.374. The Hall–Kier alpha value is -0.170. The molecular weight excluding hydrogens is 251 g/mol. The molecule has 0 fully saturated rings. The number of halogens is 1. The van der Waals surface area contributed by atoms with Gasteiger partial charge in [-0.1, -0.05) is 0 Å². The second-order valence-corrected chi connectivity index (χ2v) is 4.26. The van der Waals surface area contributed by atoms with Crippen LogP contribution in [-0.4, -0.2) is 10.9 Å². The molecule has 0 bridgehead atoms. The normalized spacial score (nSPS) is 9.44. The summed E-state index contributed by atoms with van der Waals surface area (Å²) in [7, 11) is 0. The van der Waals surface area contributed by atoms with Crippen LogP contribution in [0.2, 0.25) is 0 Å². The topological polar surface area (TPSA) is 56.0 Å². The lowest BCUT2D eigenvalue weighted by Crippen LogP contribution is -2.09. The third-order valence-corrected chi connectivity index (χ3v) is 2.43. The Morgan fingerprint density at radius 3 is 2.78 bits per heavy atom. The number of rotatable bonds is 1. The van der Waals surface area contributed by atoms with Crippen molar-refractivity contribution in [1.82, 2.24) is 4.98 Å². The van der Waals surface area contributed by atoms with Gasteiger partial charge in [0.1, 0.15) is 0 Å². The van der Waals surface area contributed by atoms with Crippen molar-refractivity contribution in [2.24, 2.45) is 5.73 Å². The molecule has 1 aromatic heterocycles. The van der Waals surface area contributed by atoms with E-state index in [2.05, 4.69) is 27.6 Å². The van der Waals surface area contributed by atoms with E-state index in [9.17, 15) is 4.79 Å². The van der Waals surface area contributed by atoms with Gasteiger partial charge in [-0.05, 0) is 22.6 Å². The number of amides is 1. The SMILES string of the molecule is NC(=O)c1ncc(I)s1. The zero-order chi connectivity index (χ0) is 6.85. The Morgan fingerprint density at radius 1 is 1.89 bits per heavy atom. The minimum absolute atomic E-state index is 0.374. The van der Waals surface area contributed by atoms with Gasteiger partial charge >= 0.3 is 0 Å². The molecule has 5 heteroatoms. The number of carbonyl (C=O) groups is 1. The molecule has 0 aliphatic carbocycles. The van der Waals surface area contributed by atoms with Gasteiger partial charge in [0.2, 0.25) is 0 Å². The van der Waals surface area contributed by atoms with E-state index in [-0.39, 0.29) is 0 Å². The van der Waals surface area contributed by atoms with Crippen LogP contribution >= 0.6 is 33.9 Å². The van der Waals surface area contributed by atoms with Gasteiger partial charge in [0.15, 0.2) is 5.01 Å². The maximum atomic E-state index is 10.4. The smallest absolute Gasteiger partial charge is 0.277 e. The van der Waals surface area contributed by atoms with E-state index in [4.69, 9.17) is 5.73 Å². The van der Waals surface area contributed by atoms with Crippen LogP contribution in [-0.2, 0) is 0 Å². The first-order valence-corrected chi connectivity index (χ1v) is 4.01. The summed E-state index contributed by atoms with van der Waals surface area (Å²) in [5.41, 5.74) is 4.93.